The highest BCUT2D eigenvalue weighted by molar-refractivity contribution is 5.64. The Hall–Kier alpha value is -2.59. The van der Waals surface area contributed by atoms with Crippen LogP contribution in [0.5, 0.6) is 0 Å². The van der Waals surface area contributed by atoms with E-state index in [4.69, 9.17) is 0 Å². The van der Waals surface area contributed by atoms with E-state index < -0.39 is 11.7 Å². The molecule has 1 atom stereocenters. The van der Waals surface area contributed by atoms with Gasteiger partial charge in [0.1, 0.15) is 0 Å². The van der Waals surface area contributed by atoms with Gasteiger partial charge in [-0.25, -0.2) is 0 Å². The normalized spacial score (nSPS) is 16.6. The molecule has 0 aromatic heterocycles. The lowest BCUT2D eigenvalue weighted by atomic mass is 9.87. The second kappa shape index (κ2) is 7.80. The summed E-state index contributed by atoms with van der Waals surface area (Å²) in [4.78, 5) is 0. The van der Waals surface area contributed by atoms with Crippen LogP contribution in [-0.4, -0.2) is 0 Å². The zero-order valence-electron chi connectivity index (χ0n) is 15.5. The number of aryl methyl sites for hydroxylation is 1. The molecule has 0 saturated heterocycles. The maximum absolute atomic E-state index is 12.7. The van der Waals surface area contributed by atoms with E-state index in [1.807, 2.05) is 24.3 Å². The number of hydrogen-bond donors (Lipinski definition) is 1. The van der Waals surface area contributed by atoms with Crippen LogP contribution in [-0.2, 0) is 19.1 Å². The lowest BCUT2D eigenvalue weighted by Gasteiger charge is -2.26. The molecule has 144 valence electrons. The summed E-state index contributed by atoms with van der Waals surface area (Å²) in [5, 5.41) is 3.65. The summed E-state index contributed by atoms with van der Waals surface area (Å²) < 4.78 is 38.1. The van der Waals surface area contributed by atoms with Gasteiger partial charge in [0.2, 0.25) is 0 Å². The van der Waals surface area contributed by atoms with Crippen molar-refractivity contribution in [2.24, 2.45) is 0 Å². The van der Waals surface area contributed by atoms with Crippen LogP contribution in [0.2, 0.25) is 0 Å². The number of hydrogen-bond acceptors (Lipinski definition) is 1. The van der Waals surface area contributed by atoms with Crippen molar-refractivity contribution in [3.8, 4) is 11.1 Å². The molecule has 3 aromatic rings. The monoisotopic (exact) mass is 381 g/mol. The second-order valence-corrected chi connectivity index (χ2v) is 7.30. The first-order valence-electron chi connectivity index (χ1n) is 9.58. The van der Waals surface area contributed by atoms with Gasteiger partial charge in [0, 0.05) is 12.6 Å². The van der Waals surface area contributed by atoms with Crippen molar-refractivity contribution in [1.82, 2.24) is 5.32 Å². The first-order chi connectivity index (χ1) is 13.5. The topological polar surface area (TPSA) is 12.0 Å². The van der Waals surface area contributed by atoms with Gasteiger partial charge in [0.05, 0.1) is 5.56 Å². The van der Waals surface area contributed by atoms with E-state index in [0.717, 1.165) is 42.6 Å². The summed E-state index contributed by atoms with van der Waals surface area (Å²) >= 11 is 0. The molecule has 28 heavy (non-hydrogen) atoms. The van der Waals surface area contributed by atoms with Crippen molar-refractivity contribution in [2.75, 3.05) is 0 Å². The Balaban J connectivity index is 1.42. The fourth-order valence-corrected chi connectivity index (χ4v) is 3.87. The van der Waals surface area contributed by atoms with E-state index in [0.29, 0.717) is 6.04 Å². The molecule has 0 heterocycles. The largest absolute Gasteiger partial charge is 0.416 e. The van der Waals surface area contributed by atoms with Gasteiger partial charge in [0.25, 0.3) is 0 Å². The van der Waals surface area contributed by atoms with E-state index in [1.54, 1.807) is 0 Å². The van der Waals surface area contributed by atoms with Crippen LogP contribution in [0.25, 0.3) is 11.1 Å². The molecule has 0 radical (unpaired) electrons. The SMILES string of the molecule is FC(F)(F)c1ccc(-c2ccc(CN[C@@H]3CCCc4ccccc43)cc2)cc1. The molecule has 0 bridgehead atoms. The third-order valence-corrected chi connectivity index (χ3v) is 5.42. The zero-order chi connectivity index (χ0) is 19.6. The number of benzene rings is 3. The van der Waals surface area contributed by atoms with E-state index in [9.17, 15) is 13.2 Å². The predicted octanol–water partition coefficient (Wildman–Crippen LogP) is 6.54. The van der Waals surface area contributed by atoms with E-state index >= 15 is 0 Å². The highest BCUT2D eigenvalue weighted by atomic mass is 19.4. The van der Waals surface area contributed by atoms with Gasteiger partial charge in [-0.2, -0.15) is 13.2 Å². The number of halogens is 3. The Labute approximate surface area is 163 Å². The predicted molar refractivity (Wildman–Crippen MR) is 106 cm³/mol. The van der Waals surface area contributed by atoms with Crippen LogP contribution in [0.15, 0.2) is 72.8 Å². The van der Waals surface area contributed by atoms with Gasteiger partial charge in [0.15, 0.2) is 0 Å². The summed E-state index contributed by atoms with van der Waals surface area (Å²) in [6.07, 6.45) is -0.815. The lowest BCUT2D eigenvalue weighted by Crippen LogP contribution is -2.24. The molecule has 1 aliphatic carbocycles. The molecule has 0 saturated carbocycles. The number of nitrogens with one attached hydrogen (secondary N) is 1. The standard InChI is InChI=1S/C24H22F3N/c25-24(26,27)21-14-12-19(13-15-21)18-10-8-17(9-11-18)16-28-23-7-3-5-20-4-1-2-6-22(20)23/h1-2,4,6,8-15,23,28H,3,5,7,16H2/t23-/m1/s1. The minimum atomic E-state index is -4.30. The number of fused-ring (bicyclic) bond motifs is 1. The molecule has 0 spiro atoms. The Kier molecular flexibility index (Phi) is 5.23. The zero-order valence-corrected chi connectivity index (χ0v) is 15.5. The van der Waals surface area contributed by atoms with Crippen molar-refractivity contribution in [3.63, 3.8) is 0 Å². The van der Waals surface area contributed by atoms with Crippen molar-refractivity contribution < 1.29 is 13.2 Å². The van der Waals surface area contributed by atoms with E-state index in [-0.39, 0.29) is 0 Å². The molecule has 3 aromatic carbocycles. The maximum atomic E-state index is 12.7. The molecule has 1 aliphatic rings. The molecule has 0 amide bonds. The van der Waals surface area contributed by atoms with Gasteiger partial charge in [-0.05, 0) is 59.2 Å². The molecular formula is C24H22F3N. The molecule has 4 heteroatoms. The Morgan fingerprint density at radius 1 is 0.821 bits per heavy atom. The van der Waals surface area contributed by atoms with Crippen LogP contribution in [0.3, 0.4) is 0 Å². The minimum absolute atomic E-state index is 0.375. The molecule has 0 unspecified atom stereocenters. The highest BCUT2D eigenvalue weighted by Gasteiger charge is 2.29. The van der Waals surface area contributed by atoms with Crippen LogP contribution >= 0.6 is 0 Å². The van der Waals surface area contributed by atoms with Gasteiger partial charge >= 0.3 is 6.18 Å². The molecule has 4 rings (SSSR count). The third-order valence-electron chi connectivity index (χ3n) is 5.42. The van der Waals surface area contributed by atoms with Gasteiger partial charge < -0.3 is 5.32 Å². The summed E-state index contributed by atoms with van der Waals surface area (Å²) in [6, 6.07) is 22.3. The summed E-state index contributed by atoms with van der Waals surface area (Å²) in [6.45, 7) is 0.770. The fraction of sp³-hybridized carbons (Fsp3) is 0.250. The minimum Gasteiger partial charge on any atom is -0.306 e. The van der Waals surface area contributed by atoms with Crippen LogP contribution in [0.4, 0.5) is 13.2 Å². The van der Waals surface area contributed by atoms with Crippen molar-refractivity contribution >= 4 is 0 Å². The molecule has 1 nitrogen and oxygen atoms in total. The van der Waals surface area contributed by atoms with Crippen LogP contribution < -0.4 is 5.32 Å². The number of alkyl halides is 3. The van der Waals surface area contributed by atoms with Crippen molar-refractivity contribution in [3.05, 3.63) is 95.1 Å². The molecule has 1 N–H and O–H groups in total. The molecular weight excluding hydrogens is 359 g/mol. The maximum Gasteiger partial charge on any atom is 0.416 e. The lowest BCUT2D eigenvalue weighted by molar-refractivity contribution is -0.137. The summed E-state index contributed by atoms with van der Waals surface area (Å²) in [7, 11) is 0. The van der Waals surface area contributed by atoms with Gasteiger partial charge in [-0.1, -0.05) is 60.7 Å². The highest BCUT2D eigenvalue weighted by Crippen LogP contribution is 2.32. The quantitative estimate of drug-likeness (QED) is 0.541. The first kappa shape index (κ1) is 18.8. The van der Waals surface area contributed by atoms with Crippen molar-refractivity contribution in [1.29, 1.82) is 0 Å². The Morgan fingerprint density at radius 2 is 1.46 bits per heavy atom. The average Bonchev–Trinajstić information content (AvgIpc) is 2.72. The molecule has 0 aliphatic heterocycles. The molecule has 0 fully saturated rings. The second-order valence-electron chi connectivity index (χ2n) is 7.30. The number of rotatable bonds is 4. The summed E-state index contributed by atoms with van der Waals surface area (Å²) in [5.41, 5.74) is 5.08. The van der Waals surface area contributed by atoms with Crippen LogP contribution in [0, 0.1) is 0 Å². The van der Waals surface area contributed by atoms with E-state index in [1.165, 1.54) is 35.2 Å². The van der Waals surface area contributed by atoms with E-state index in [2.05, 4.69) is 29.6 Å². The fourth-order valence-electron chi connectivity index (χ4n) is 3.87. The summed E-state index contributed by atoms with van der Waals surface area (Å²) in [5.74, 6) is 0. The average molecular weight is 381 g/mol. The smallest absolute Gasteiger partial charge is 0.306 e. The third kappa shape index (κ3) is 4.12. The first-order valence-corrected chi connectivity index (χ1v) is 9.58. The van der Waals surface area contributed by atoms with Gasteiger partial charge in [-0.15, -0.1) is 0 Å². The van der Waals surface area contributed by atoms with Crippen molar-refractivity contribution in [2.45, 2.75) is 38.0 Å². The Bertz CT molecular complexity index is 927. The van der Waals surface area contributed by atoms with Crippen LogP contribution in [0.1, 0.15) is 41.1 Å². The Morgan fingerprint density at radius 3 is 2.14 bits per heavy atom. The van der Waals surface area contributed by atoms with Gasteiger partial charge in [-0.3, -0.25) is 0 Å².